The fourth-order valence-electron chi connectivity index (χ4n) is 3.26. The topological polar surface area (TPSA) is 72.4 Å². The van der Waals surface area contributed by atoms with Crippen LogP contribution in [0, 0.1) is 10.1 Å². The van der Waals surface area contributed by atoms with Crippen molar-refractivity contribution in [3.8, 4) is 0 Å². The van der Waals surface area contributed by atoms with E-state index < -0.39 is 16.7 Å². The number of nitro groups is 1. The summed E-state index contributed by atoms with van der Waals surface area (Å²) >= 11 is 3.39. The molecule has 1 aliphatic rings. The van der Waals surface area contributed by atoms with Crippen molar-refractivity contribution in [1.29, 1.82) is 0 Å². The largest absolute Gasteiger partial charge is 0.416 e. The molecule has 0 unspecified atom stereocenters. The van der Waals surface area contributed by atoms with Gasteiger partial charge in [-0.2, -0.15) is 13.2 Å². The highest BCUT2D eigenvalue weighted by Gasteiger charge is 2.30. The molecule has 0 atom stereocenters. The van der Waals surface area contributed by atoms with Crippen LogP contribution < -0.4 is 5.73 Å². The second-order valence-electron chi connectivity index (χ2n) is 6.48. The number of benzene rings is 2. The fourth-order valence-corrected chi connectivity index (χ4v) is 3.85. The van der Waals surface area contributed by atoms with Crippen LogP contribution in [-0.2, 0) is 25.6 Å². The average Bonchev–Trinajstić information content (AvgIpc) is 2.62. The van der Waals surface area contributed by atoms with Crippen LogP contribution in [0.25, 0.3) is 0 Å². The van der Waals surface area contributed by atoms with Gasteiger partial charge in [-0.1, -0.05) is 28.1 Å². The lowest BCUT2D eigenvalue weighted by Gasteiger charge is -2.30. The van der Waals surface area contributed by atoms with Crippen LogP contribution in [0.5, 0.6) is 0 Å². The summed E-state index contributed by atoms with van der Waals surface area (Å²) in [5, 5.41) is 11.1. The maximum absolute atomic E-state index is 12.6. The normalized spacial score (nSPS) is 14.8. The molecule has 144 valence electrons. The molecule has 0 aliphatic carbocycles. The number of nitrogens with two attached hydrogens (primary N) is 1. The first-order chi connectivity index (χ1) is 12.7. The molecule has 0 saturated heterocycles. The van der Waals surface area contributed by atoms with Crippen LogP contribution in [0.4, 0.5) is 24.5 Å². The van der Waals surface area contributed by atoms with Crippen LogP contribution in [0.3, 0.4) is 0 Å². The Labute approximate surface area is 162 Å². The summed E-state index contributed by atoms with van der Waals surface area (Å²) < 4.78 is 38.5. The van der Waals surface area contributed by atoms with Crippen molar-refractivity contribution in [2.24, 2.45) is 0 Å². The van der Waals surface area contributed by atoms with Gasteiger partial charge in [0.05, 0.1) is 10.5 Å². The predicted molar refractivity (Wildman–Crippen MR) is 99.3 cm³/mol. The molecule has 0 radical (unpaired) electrons. The van der Waals surface area contributed by atoms with Crippen LogP contribution >= 0.6 is 15.9 Å². The second kappa shape index (κ2) is 7.47. The lowest BCUT2D eigenvalue weighted by molar-refractivity contribution is -0.384. The van der Waals surface area contributed by atoms with E-state index in [1.54, 1.807) is 0 Å². The van der Waals surface area contributed by atoms with E-state index in [9.17, 15) is 23.3 Å². The van der Waals surface area contributed by atoms with Crippen molar-refractivity contribution in [3.63, 3.8) is 0 Å². The first kappa shape index (κ1) is 19.6. The van der Waals surface area contributed by atoms with Crippen molar-refractivity contribution < 1.29 is 18.1 Å². The van der Waals surface area contributed by atoms with Crippen LogP contribution in [0.2, 0.25) is 0 Å². The highest BCUT2D eigenvalue weighted by Crippen LogP contribution is 2.37. The van der Waals surface area contributed by atoms with E-state index in [1.807, 2.05) is 0 Å². The monoisotopic (exact) mass is 443 g/mol. The van der Waals surface area contributed by atoms with E-state index in [-0.39, 0.29) is 11.4 Å². The van der Waals surface area contributed by atoms with Crippen molar-refractivity contribution in [1.82, 2.24) is 4.90 Å². The fraction of sp³-hybridized carbons (Fsp3) is 0.333. The Balaban J connectivity index is 1.68. The number of fused-ring (bicyclic) bond motifs is 1. The summed E-state index contributed by atoms with van der Waals surface area (Å²) in [6, 6.07) is 6.61. The maximum Gasteiger partial charge on any atom is 0.416 e. The Morgan fingerprint density at radius 3 is 2.48 bits per heavy atom. The van der Waals surface area contributed by atoms with Gasteiger partial charge in [0.1, 0.15) is 5.69 Å². The summed E-state index contributed by atoms with van der Waals surface area (Å²) in [6.45, 7) is 1.94. The minimum absolute atomic E-state index is 0.0983. The van der Waals surface area contributed by atoms with Crippen molar-refractivity contribution in [2.45, 2.75) is 25.6 Å². The van der Waals surface area contributed by atoms with Crippen LogP contribution in [-0.4, -0.2) is 22.9 Å². The van der Waals surface area contributed by atoms with Crippen molar-refractivity contribution in [2.75, 3.05) is 18.8 Å². The zero-order valence-corrected chi connectivity index (χ0v) is 15.8. The molecule has 3 rings (SSSR count). The van der Waals surface area contributed by atoms with Crippen LogP contribution in [0.15, 0.2) is 34.8 Å². The molecule has 1 heterocycles. The summed E-state index contributed by atoms with van der Waals surface area (Å²) in [4.78, 5) is 12.8. The molecule has 1 aliphatic heterocycles. The Hall–Kier alpha value is -2.13. The number of rotatable bonds is 4. The Bertz CT molecular complexity index is 870. The van der Waals surface area contributed by atoms with Gasteiger partial charge in [0, 0.05) is 30.2 Å². The number of hydrogen-bond acceptors (Lipinski definition) is 4. The number of alkyl halides is 3. The third-order valence-electron chi connectivity index (χ3n) is 4.77. The van der Waals surface area contributed by atoms with E-state index in [1.165, 1.54) is 18.2 Å². The molecule has 0 fully saturated rings. The number of halogens is 4. The minimum atomic E-state index is -4.33. The van der Waals surface area contributed by atoms with Gasteiger partial charge in [-0.3, -0.25) is 15.0 Å². The highest BCUT2D eigenvalue weighted by atomic mass is 79.9. The minimum Gasteiger partial charge on any atom is -0.393 e. The van der Waals surface area contributed by atoms with Gasteiger partial charge < -0.3 is 5.73 Å². The van der Waals surface area contributed by atoms with Gasteiger partial charge in [-0.25, -0.2) is 0 Å². The van der Waals surface area contributed by atoms with Crippen LogP contribution in [0.1, 0.15) is 22.3 Å². The molecular formula is C18H17BrF3N3O2. The number of nitrogen functional groups attached to an aromatic ring is 1. The molecule has 5 nitrogen and oxygen atoms in total. The SMILES string of the molecule is Nc1c([N+](=O)[O-])cc(Br)c2c1CCN(CCc1ccc(C(F)(F)F)cc1)C2. The first-order valence-corrected chi connectivity index (χ1v) is 9.08. The zero-order valence-electron chi connectivity index (χ0n) is 14.2. The summed E-state index contributed by atoms with van der Waals surface area (Å²) in [6.07, 6.45) is -3.12. The number of anilines is 1. The number of nitro benzene ring substituents is 1. The Morgan fingerprint density at radius 2 is 1.89 bits per heavy atom. The molecule has 2 aromatic carbocycles. The van der Waals surface area contributed by atoms with Gasteiger partial charge in [0.15, 0.2) is 0 Å². The molecule has 0 saturated carbocycles. The molecular weight excluding hydrogens is 427 g/mol. The highest BCUT2D eigenvalue weighted by molar-refractivity contribution is 9.10. The average molecular weight is 444 g/mol. The molecule has 2 N–H and O–H groups in total. The molecule has 0 aromatic heterocycles. The van der Waals surface area contributed by atoms with E-state index in [0.717, 1.165) is 28.8 Å². The lowest BCUT2D eigenvalue weighted by Crippen LogP contribution is -2.33. The molecule has 2 aromatic rings. The summed E-state index contributed by atoms with van der Waals surface area (Å²) in [5.41, 5.74) is 7.97. The Kier molecular flexibility index (Phi) is 5.43. The first-order valence-electron chi connectivity index (χ1n) is 8.29. The van der Waals surface area contributed by atoms with Gasteiger partial charge in [0.25, 0.3) is 5.69 Å². The van der Waals surface area contributed by atoms with Gasteiger partial charge in [-0.05, 0) is 41.7 Å². The summed E-state index contributed by atoms with van der Waals surface area (Å²) in [5.74, 6) is 0. The van der Waals surface area contributed by atoms with E-state index in [2.05, 4.69) is 20.8 Å². The standard InChI is InChI=1S/C18H17BrF3N3O2/c19-15-9-16(25(26)27)17(23)13-6-8-24(10-14(13)15)7-5-11-1-3-12(4-2-11)18(20,21)22/h1-4,9H,5-8,10,23H2. The zero-order chi connectivity index (χ0) is 19.8. The molecule has 27 heavy (non-hydrogen) atoms. The molecule has 0 spiro atoms. The van der Waals surface area contributed by atoms with Crippen molar-refractivity contribution >= 4 is 27.3 Å². The predicted octanol–water partition coefficient (Wildman–Crippen LogP) is 4.56. The lowest BCUT2D eigenvalue weighted by atomic mass is 9.96. The maximum atomic E-state index is 12.6. The van der Waals surface area contributed by atoms with E-state index in [4.69, 9.17) is 5.73 Å². The van der Waals surface area contributed by atoms with Crippen molar-refractivity contribution in [3.05, 3.63) is 67.2 Å². The molecule has 0 bridgehead atoms. The van der Waals surface area contributed by atoms with Gasteiger partial charge in [-0.15, -0.1) is 0 Å². The smallest absolute Gasteiger partial charge is 0.393 e. The van der Waals surface area contributed by atoms with Gasteiger partial charge >= 0.3 is 6.18 Å². The van der Waals surface area contributed by atoms with E-state index >= 15 is 0 Å². The Morgan fingerprint density at radius 1 is 1.22 bits per heavy atom. The summed E-state index contributed by atoms with van der Waals surface area (Å²) in [7, 11) is 0. The third-order valence-corrected chi connectivity index (χ3v) is 5.48. The molecule has 9 heteroatoms. The quantitative estimate of drug-likeness (QED) is 0.427. The number of nitrogens with zero attached hydrogens (tertiary/aromatic N) is 2. The van der Waals surface area contributed by atoms with E-state index in [0.29, 0.717) is 36.9 Å². The molecule has 0 amide bonds. The third kappa shape index (κ3) is 4.24. The number of hydrogen-bond donors (Lipinski definition) is 1. The van der Waals surface area contributed by atoms with Gasteiger partial charge in [0.2, 0.25) is 0 Å². The second-order valence-corrected chi connectivity index (χ2v) is 7.33.